The average molecular weight is 246 g/mol. The van der Waals surface area contributed by atoms with Gasteiger partial charge in [-0.2, -0.15) is 13.2 Å². The minimum atomic E-state index is -4.37. The van der Waals surface area contributed by atoms with Gasteiger partial charge in [-0.05, 0) is 24.1 Å². The topological polar surface area (TPSA) is 55.1 Å². The van der Waals surface area contributed by atoms with E-state index in [1.54, 1.807) is 24.3 Å². The van der Waals surface area contributed by atoms with Gasteiger partial charge in [0.25, 0.3) is 0 Å². The first kappa shape index (κ1) is 13.3. The second-order valence-corrected chi connectivity index (χ2v) is 3.64. The summed E-state index contributed by atoms with van der Waals surface area (Å²) in [4.78, 5) is 11.1. The summed E-state index contributed by atoms with van der Waals surface area (Å²) < 4.78 is 35.4. The number of hydrogen-bond acceptors (Lipinski definition) is 2. The Hall–Kier alpha value is -1.72. The van der Waals surface area contributed by atoms with E-state index in [9.17, 15) is 18.0 Å². The van der Waals surface area contributed by atoms with E-state index >= 15 is 0 Å². The van der Waals surface area contributed by atoms with E-state index in [0.717, 1.165) is 5.56 Å². The Morgan fingerprint density at radius 1 is 1.35 bits per heavy atom. The van der Waals surface area contributed by atoms with Crippen molar-refractivity contribution < 1.29 is 18.0 Å². The zero-order valence-corrected chi connectivity index (χ0v) is 9.05. The second kappa shape index (κ2) is 5.56. The average Bonchev–Trinajstić information content (AvgIpc) is 2.23. The van der Waals surface area contributed by atoms with Crippen molar-refractivity contribution in [2.45, 2.75) is 19.0 Å². The third kappa shape index (κ3) is 5.79. The van der Waals surface area contributed by atoms with Crippen LogP contribution in [-0.2, 0) is 11.2 Å². The number of alkyl halides is 3. The van der Waals surface area contributed by atoms with Gasteiger partial charge in [-0.25, -0.2) is 0 Å². The van der Waals surface area contributed by atoms with Crippen molar-refractivity contribution in [3.05, 3.63) is 29.8 Å². The molecular formula is C11H13F3N2O. The normalized spacial score (nSPS) is 11.2. The quantitative estimate of drug-likeness (QED) is 0.797. The molecule has 0 saturated carbocycles. The highest BCUT2D eigenvalue weighted by Gasteiger charge is 2.27. The Labute approximate surface area is 96.8 Å². The maximum atomic E-state index is 11.8. The second-order valence-electron chi connectivity index (χ2n) is 3.64. The third-order valence-electron chi connectivity index (χ3n) is 2.08. The van der Waals surface area contributed by atoms with E-state index in [1.807, 2.05) is 5.32 Å². The fraction of sp³-hybridized carbons (Fsp3) is 0.364. The van der Waals surface area contributed by atoms with Crippen LogP contribution < -0.4 is 11.1 Å². The van der Waals surface area contributed by atoms with E-state index in [-0.39, 0.29) is 6.42 Å². The lowest BCUT2D eigenvalue weighted by molar-refractivity contribution is -0.138. The number of rotatable bonds is 4. The molecule has 0 heterocycles. The van der Waals surface area contributed by atoms with Crippen LogP contribution in [0.1, 0.15) is 12.0 Å². The third-order valence-corrected chi connectivity index (χ3v) is 2.08. The Kier molecular flexibility index (Phi) is 4.37. The summed E-state index contributed by atoms with van der Waals surface area (Å²) in [5, 5.41) is 1.81. The fourth-order valence-electron chi connectivity index (χ4n) is 1.29. The molecule has 0 saturated heterocycles. The van der Waals surface area contributed by atoms with Gasteiger partial charge in [0.15, 0.2) is 0 Å². The van der Waals surface area contributed by atoms with Crippen molar-refractivity contribution in [3.8, 4) is 0 Å². The van der Waals surface area contributed by atoms with Crippen molar-refractivity contribution in [3.63, 3.8) is 0 Å². The van der Waals surface area contributed by atoms with Crippen LogP contribution >= 0.6 is 0 Å². The maximum Gasteiger partial charge on any atom is 0.405 e. The van der Waals surface area contributed by atoms with Crippen LogP contribution in [0.4, 0.5) is 18.9 Å². The van der Waals surface area contributed by atoms with Crippen LogP contribution in [0.25, 0.3) is 0 Å². The number of carbonyl (C=O) groups excluding carboxylic acids is 1. The molecule has 6 heteroatoms. The van der Waals surface area contributed by atoms with E-state index in [4.69, 9.17) is 5.73 Å². The Morgan fingerprint density at radius 3 is 2.65 bits per heavy atom. The molecule has 0 spiro atoms. The van der Waals surface area contributed by atoms with Gasteiger partial charge in [0, 0.05) is 12.1 Å². The zero-order valence-electron chi connectivity index (χ0n) is 9.05. The number of aryl methyl sites for hydroxylation is 1. The number of halogens is 3. The SMILES string of the molecule is Nc1cccc(CCC(=O)NCC(F)(F)F)c1. The number of hydrogen-bond donors (Lipinski definition) is 2. The van der Waals surface area contributed by atoms with Gasteiger partial charge in [-0.15, -0.1) is 0 Å². The molecule has 0 fully saturated rings. The minimum absolute atomic E-state index is 0.0134. The highest BCUT2D eigenvalue weighted by molar-refractivity contribution is 5.76. The summed E-state index contributed by atoms with van der Waals surface area (Å²) in [5.41, 5.74) is 6.93. The lowest BCUT2D eigenvalue weighted by Crippen LogP contribution is -2.33. The number of nitrogen functional groups attached to an aromatic ring is 1. The van der Waals surface area contributed by atoms with Crippen molar-refractivity contribution in [1.82, 2.24) is 5.32 Å². The molecule has 3 nitrogen and oxygen atoms in total. The fourth-order valence-corrected chi connectivity index (χ4v) is 1.29. The number of carbonyl (C=O) groups is 1. The van der Waals surface area contributed by atoms with Gasteiger partial charge in [0.05, 0.1) is 0 Å². The summed E-state index contributed by atoms with van der Waals surface area (Å²) in [6, 6.07) is 6.90. The number of benzene rings is 1. The molecule has 17 heavy (non-hydrogen) atoms. The Bertz CT molecular complexity index is 391. The molecule has 0 unspecified atom stereocenters. The maximum absolute atomic E-state index is 11.8. The Morgan fingerprint density at radius 2 is 2.06 bits per heavy atom. The molecule has 0 bridgehead atoms. The highest BCUT2D eigenvalue weighted by atomic mass is 19.4. The molecule has 1 rings (SSSR count). The molecule has 0 aliphatic rings. The molecule has 0 atom stereocenters. The van der Waals surface area contributed by atoms with Crippen molar-refractivity contribution >= 4 is 11.6 Å². The number of anilines is 1. The highest BCUT2D eigenvalue weighted by Crippen LogP contribution is 2.12. The smallest absolute Gasteiger partial charge is 0.399 e. The van der Waals surface area contributed by atoms with Crippen molar-refractivity contribution in [1.29, 1.82) is 0 Å². The predicted molar refractivity (Wildman–Crippen MR) is 58.2 cm³/mol. The van der Waals surface area contributed by atoms with E-state index < -0.39 is 18.6 Å². The van der Waals surface area contributed by atoms with Crippen LogP contribution in [0.2, 0.25) is 0 Å². The molecule has 1 aromatic carbocycles. The monoisotopic (exact) mass is 246 g/mol. The van der Waals surface area contributed by atoms with Gasteiger partial charge < -0.3 is 11.1 Å². The van der Waals surface area contributed by atoms with Gasteiger partial charge in [-0.1, -0.05) is 12.1 Å². The lowest BCUT2D eigenvalue weighted by atomic mass is 10.1. The molecule has 0 aromatic heterocycles. The van der Waals surface area contributed by atoms with Crippen LogP contribution in [0, 0.1) is 0 Å². The van der Waals surface area contributed by atoms with Crippen LogP contribution in [-0.4, -0.2) is 18.6 Å². The molecule has 1 amide bonds. The van der Waals surface area contributed by atoms with Gasteiger partial charge >= 0.3 is 6.18 Å². The van der Waals surface area contributed by atoms with E-state index in [1.165, 1.54) is 0 Å². The standard InChI is InChI=1S/C11H13F3N2O/c12-11(13,14)7-16-10(17)5-4-8-2-1-3-9(15)6-8/h1-3,6H,4-5,7,15H2,(H,16,17). The predicted octanol–water partition coefficient (Wildman–Crippen LogP) is 1.88. The van der Waals surface area contributed by atoms with Gasteiger partial charge in [0.1, 0.15) is 6.54 Å². The largest absolute Gasteiger partial charge is 0.405 e. The number of nitrogens with two attached hydrogens (primary N) is 1. The summed E-state index contributed by atoms with van der Waals surface area (Å²) in [6.07, 6.45) is -3.99. The number of nitrogens with one attached hydrogen (secondary N) is 1. The number of amides is 1. The molecule has 3 N–H and O–H groups in total. The summed E-state index contributed by atoms with van der Waals surface area (Å²) in [5.74, 6) is -0.621. The van der Waals surface area contributed by atoms with Gasteiger partial charge in [0.2, 0.25) is 5.91 Å². The molecular weight excluding hydrogens is 233 g/mol. The van der Waals surface area contributed by atoms with Crippen molar-refractivity contribution in [2.75, 3.05) is 12.3 Å². The summed E-state index contributed by atoms with van der Waals surface area (Å²) in [6.45, 7) is -1.29. The summed E-state index contributed by atoms with van der Waals surface area (Å²) in [7, 11) is 0. The first-order valence-electron chi connectivity index (χ1n) is 5.05. The van der Waals surface area contributed by atoms with E-state index in [0.29, 0.717) is 12.1 Å². The zero-order chi connectivity index (χ0) is 12.9. The molecule has 94 valence electrons. The minimum Gasteiger partial charge on any atom is -0.399 e. The van der Waals surface area contributed by atoms with E-state index in [2.05, 4.69) is 0 Å². The van der Waals surface area contributed by atoms with Crippen LogP contribution in [0.5, 0.6) is 0 Å². The first-order chi connectivity index (χ1) is 7.87. The van der Waals surface area contributed by atoms with Crippen LogP contribution in [0.3, 0.4) is 0 Å². The first-order valence-corrected chi connectivity index (χ1v) is 5.05. The molecule has 0 aliphatic carbocycles. The molecule has 0 radical (unpaired) electrons. The Balaban J connectivity index is 2.33. The van der Waals surface area contributed by atoms with Crippen molar-refractivity contribution in [2.24, 2.45) is 0 Å². The molecule has 0 aliphatic heterocycles. The summed E-state index contributed by atoms with van der Waals surface area (Å²) >= 11 is 0. The lowest BCUT2D eigenvalue weighted by Gasteiger charge is -2.08. The van der Waals surface area contributed by atoms with Gasteiger partial charge in [-0.3, -0.25) is 4.79 Å². The molecule has 1 aromatic rings. The van der Waals surface area contributed by atoms with Crippen LogP contribution in [0.15, 0.2) is 24.3 Å².